The number of fused-ring (bicyclic) bond motifs is 1. The maximum absolute atomic E-state index is 12.4. The number of aryl methyl sites for hydroxylation is 1. The molecule has 0 unspecified atom stereocenters. The van der Waals surface area contributed by atoms with Gasteiger partial charge in [0.1, 0.15) is 6.61 Å². The Labute approximate surface area is 142 Å². The van der Waals surface area contributed by atoms with Crippen LogP contribution in [-0.2, 0) is 16.1 Å². The molecule has 0 saturated carbocycles. The summed E-state index contributed by atoms with van der Waals surface area (Å²) in [6, 6.07) is 11.0. The molecule has 0 bridgehead atoms. The minimum atomic E-state index is -0.302. The molecule has 0 spiro atoms. The highest BCUT2D eigenvalue weighted by atomic mass is 32.1. The molecule has 0 aliphatic heterocycles. The van der Waals surface area contributed by atoms with Crippen LogP contribution >= 0.6 is 11.3 Å². The molecule has 0 amide bonds. The Morgan fingerprint density at radius 2 is 2.08 bits per heavy atom. The van der Waals surface area contributed by atoms with Crippen LogP contribution in [0.5, 0.6) is 0 Å². The van der Waals surface area contributed by atoms with Crippen molar-refractivity contribution in [1.82, 2.24) is 14.6 Å². The van der Waals surface area contributed by atoms with E-state index in [0.717, 1.165) is 5.56 Å². The number of benzene rings is 1. The lowest BCUT2D eigenvalue weighted by Crippen LogP contribution is -2.16. The molecule has 3 aromatic rings. The Morgan fingerprint density at radius 3 is 2.79 bits per heavy atom. The van der Waals surface area contributed by atoms with Gasteiger partial charge in [-0.1, -0.05) is 48.6 Å². The Kier molecular flexibility index (Phi) is 4.71. The van der Waals surface area contributed by atoms with Gasteiger partial charge in [0.25, 0.3) is 5.56 Å². The van der Waals surface area contributed by atoms with E-state index in [1.54, 1.807) is 6.92 Å². The van der Waals surface area contributed by atoms with Crippen LogP contribution in [0.15, 0.2) is 41.2 Å². The van der Waals surface area contributed by atoms with E-state index >= 15 is 0 Å². The number of esters is 1. The average Bonchev–Trinajstić information content (AvgIpc) is 2.98. The van der Waals surface area contributed by atoms with E-state index in [9.17, 15) is 9.59 Å². The van der Waals surface area contributed by atoms with Gasteiger partial charge >= 0.3 is 5.97 Å². The van der Waals surface area contributed by atoms with E-state index in [0.29, 0.717) is 22.1 Å². The maximum atomic E-state index is 12.4. The number of ether oxygens (including phenoxy) is 1. The summed E-state index contributed by atoms with van der Waals surface area (Å²) in [6.07, 6.45) is 0.656. The molecule has 0 saturated heterocycles. The molecule has 124 valence electrons. The molecule has 3 rings (SSSR count). The zero-order chi connectivity index (χ0) is 17.1. The van der Waals surface area contributed by atoms with E-state index in [4.69, 9.17) is 4.74 Å². The van der Waals surface area contributed by atoms with Gasteiger partial charge < -0.3 is 4.74 Å². The maximum Gasteiger partial charge on any atom is 0.313 e. The van der Waals surface area contributed by atoms with Crippen molar-refractivity contribution in [2.75, 3.05) is 0 Å². The first-order valence-electron chi connectivity index (χ1n) is 7.66. The minimum Gasteiger partial charge on any atom is -0.458 e. The predicted octanol–water partition coefficient (Wildman–Crippen LogP) is 2.70. The number of carbonyl (C=O) groups is 1. The zero-order valence-electron chi connectivity index (χ0n) is 13.4. The molecule has 7 heteroatoms. The summed E-state index contributed by atoms with van der Waals surface area (Å²) in [5.41, 5.74) is 1.34. The van der Waals surface area contributed by atoms with Crippen LogP contribution in [0.3, 0.4) is 0 Å². The molecule has 1 atom stereocenters. The van der Waals surface area contributed by atoms with Crippen LogP contribution < -0.4 is 5.56 Å². The Bertz CT molecular complexity index is 918. The fourth-order valence-electron chi connectivity index (χ4n) is 2.48. The van der Waals surface area contributed by atoms with E-state index in [2.05, 4.69) is 10.1 Å². The molecule has 0 aliphatic carbocycles. The second-order valence-electron chi connectivity index (χ2n) is 5.41. The highest BCUT2D eigenvalue weighted by Crippen LogP contribution is 2.22. The highest BCUT2D eigenvalue weighted by Gasteiger charge is 2.20. The first kappa shape index (κ1) is 16.3. The molecule has 6 nitrogen and oxygen atoms in total. The third kappa shape index (κ3) is 3.35. The Morgan fingerprint density at radius 1 is 1.33 bits per heavy atom. The average molecular weight is 343 g/mol. The fraction of sp³-hybridized carbons (Fsp3) is 0.294. The number of hydrogen-bond donors (Lipinski definition) is 0. The van der Waals surface area contributed by atoms with Gasteiger partial charge in [-0.2, -0.15) is 9.61 Å². The minimum absolute atomic E-state index is 0.0364. The molecule has 2 heterocycles. The quantitative estimate of drug-likeness (QED) is 0.666. The Hall–Kier alpha value is -2.54. The first-order valence-corrected chi connectivity index (χ1v) is 8.48. The van der Waals surface area contributed by atoms with Gasteiger partial charge in [0, 0.05) is 11.8 Å². The summed E-state index contributed by atoms with van der Waals surface area (Å²) in [4.78, 5) is 29.0. The number of hydrogen-bond acceptors (Lipinski definition) is 6. The molecule has 0 aliphatic rings. The van der Waals surface area contributed by atoms with Gasteiger partial charge in [-0.25, -0.2) is 4.98 Å². The molecular formula is C17H17N3O3S. The number of rotatable bonds is 5. The van der Waals surface area contributed by atoms with Crippen molar-refractivity contribution in [3.05, 3.63) is 63.0 Å². The molecule has 24 heavy (non-hydrogen) atoms. The van der Waals surface area contributed by atoms with Gasteiger partial charge in [-0.05, 0) is 18.9 Å². The van der Waals surface area contributed by atoms with E-state index in [1.165, 1.54) is 21.9 Å². The highest BCUT2D eigenvalue weighted by molar-refractivity contribution is 7.16. The summed E-state index contributed by atoms with van der Waals surface area (Å²) in [6.45, 7) is 3.74. The number of carbonyl (C=O) groups excluding carboxylic acids is 1. The largest absolute Gasteiger partial charge is 0.458 e. The molecule has 1 aromatic carbocycles. The molecule has 0 fully saturated rings. The summed E-state index contributed by atoms with van der Waals surface area (Å²) in [5, 5.41) is 4.71. The summed E-state index contributed by atoms with van der Waals surface area (Å²) < 4.78 is 6.63. The molecule has 0 radical (unpaired) electrons. The van der Waals surface area contributed by atoms with E-state index in [1.807, 2.05) is 37.3 Å². The van der Waals surface area contributed by atoms with E-state index in [-0.39, 0.29) is 24.1 Å². The van der Waals surface area contributed by atoms with Crippen LogP contribution in [0, 0.1) is 6.92 Å². The summed E-state index contributed by atoms with van der Waals surface area (Å²) in [7, 11) is 0. The zero-order valence-corrected chi connectivity index (χ0v) is 14.2. The summed E-state index contributed by atoms with van der Waals surface area (Å²) in [5.74, 6) is -0.594. The van der Waals surface area contributed by atoms with Crippen LogP contribution in [0.4, 0.5) is 0 Å². The lowest BCUT2D eigenvalue weighted by Gasteiger charge is -2.13. The standard InChI is InChI=1S/C17H17N3O3S/c1-3-13(12-7-5-4-6-8-12)16(22)23-10-14-19-20-15(21)9-11(2)18-17(20)24-14/h4-9,13H,3,10H2,1-2H3/t13-/m0/s1. The lowest BCUT2D eigenvalue weighted by molar-refractivity contribution is -0.146. The van der Waals surface area contributed by atoms with Gasteiger partial charge in [0.2, 0.25) is 4.96 Å². The third-order valence-electron chi connectivity index (χ3n) is 3.65. The van der Waals surface area contributed by atoms with Crippen molar-refractivity contribution >= 4 is 22.3 Å². The van der Waals surface area contributed by atoms with Crippen LogP contribution in [-0.4, -0.2) is 20.6 Å². The molecule has 2 aromatic heterocycles. The summed E-state index contributed by atoms with van der Waals surface area (Å²) >= 11 is 1.25. The predicted molar refractivity (Wildman–Crippen MR) is 91.1 cm³/mol. The number of nitrogens with zero attached hydrogens (tertiary/aromatic N) is 3. The smallest absolute Gasteiger partial charge is 0.313 e. The van der Waals surface area contributed by atoms with Gasteiger partial charge in [-0.3, -0.25) is 9.59 Å². The Balaban J connectivity index is 1.74. The van der Waals surface area contributed by atoms with Crippen molar-refractivity contribution in [2.45, 2.75) is 32.8 Å². The molecular weight excluding hydrogens is 326 g/mol. The van der Waals surface area contributed by atoms with Crippen LogP contribution in [0.2, 0.25) is 0 Å². The third-order valence-corrected chi connectivity index (χ3v) is 4.53. The second-order valence-corrected chi connectivity index (χ2v) is 6.45. The van der Waals surface area contributed by atoms with Crippen molar-refractivity contribution in [1.29, 1.82) is 0 Å². The molecule has 0 N–H and O–H groups in total. The van der Waals surface area contributed by atoms with Gasteiger partial charge in [0.15, 0.2) is 5.01 Å². The van der Waals surface area contributed by atoms with Gasteiger partial charge in [0.05, 0.1) is 5.92 Å². The number of aromatic nitrogens is 3. The second kappa shape index (κ2) is 6.92. The van der Waals surface area contributed by atoms with E-state index < -0.39 is 0 Å². The SMILES string of the molecule is CC[C@H](C(=O)OCc1nn2c(=O)cc(C)nc2s1)c1ccccc1. The van der Waals surface area contributed by atoms with Crippen molar-refractivity contribution in [3.8, 4) is 0 Å². The topological polar surface area (TPSA) is 73.6 Å². The van der Waals surface area contributed by atoms with Crippen LogP contribution in [0.25, 0.3) is 4.96 Å². The van der Waals surface area contributed by atoms with Gasteiger partial charge in [-0.15, -0.1) is 0 Å². The lowest BCUT2D eigenvalue weighted by atomic mass is 9.97. The van der Waals surface area contributed by atoms with Crippen LogP contribution in [0.1, 0.15) is 35.5 Å². The normalized spacial score (nSPS) is 12.2. The first-order chi connectivity index (χ1) is 11.6. The monoisotopic (exact) mass is 343 g/mol. The fourth-order valence-corrected chi connectivity index (χ4v) is 3.33. The van der Waals surface area contributed by atoms with Crippen molar-refractivity contribution in [2.24, 2.45) is 0 Å². The van der Waals surface area contributed by atoms with Crippen molar-refractivity contribution < 1.29 is 9.53 Å². The van der Waals surface area contributed by atoms with Crippen molar-refractivity contribution in [3.63, 3.8) is 0 Å².